The SMILES string of the molecule is Cn1ncc2c(Nc3ccc(C(=O)N4CCOCC4)cc3)nc(-c3cccc(NC(=O)c4ccc(C(C)(C)C)cc4)c3)nc21. The maximum absolute atomic E-state index is 13.0. The fraction of sp³-hybridized carbons (Fsp3) is 0.265. The van der Waals surface area contributed by atoms with E-state index in [2.05, 4.69) is 36.5 Å². The molecule has 0 atom stereocenters. The maximum Gasteiger partial charge on any atom is 0.255 e. The highest BCUT2D eigenvalue weighted by molar-refractivity contribution is 6.04. The number of benzene rings is 3. The van der Waals surface area contributed by atoms with Gasteiger partial charge in [0.25, 0.3) is 11.8 Å². The normalized spacial score (nSPS) is 13.6. The number of aromatic nitrogens is 4. The number of aryl methyl sites for hydroxylation is 1. The van der Waals surface area contributed by atoms with Gasteiger partial charge in [0.1, 0.15) is 5.82 Å². The number of carbonyl (C=O) groups is 2. The lowest BCUT2D eigenvalue weighted by Crippen LogP contribution is -2.40. The molecule has 0 bridgehead atoms. The lowest BCUT2D eigenvalue weighted by molar-refractivity contribution is 0.0303. The molecule has 0 radical (unpaired) electrons. The van der Waals surface area contributed by atoms with Crippen molar-refractivity contribution in [1.82, 2.24) is 24.6 Å². The Hall–Kier alpha value is -5.09. The summed E-state index contributed by atoms with van der Waals surface area (Å²) in [4.78, 5) is 37.3. The highest BCUT2D eigenvalue weighted by Gasteiger charge is 2.19. The summed E-state index contributed by atoms with van der Waals surface area (Å²) in [5.74, 6) is 0.864. The summed E-state index contributed by atoms with van der Waals surface area (Å²) >= 11 is 0. The lowest BCUT2D eigenvalue weighted by atomic mass is 9.87. The van der Waals surface area contributed by atoms with Gasteiger partial charge in [0.2, 0.25) is 0 Å². The van der Waals surface area contributed by atoms with Crippen LogP contribution in [-0.2, 0) is 17.2 Å². The Bertz CT molecular complexity index is 1820. The second-order valence-corrected chi connectivity index (χ2v) is 11.9. The van der Waals surface area contributed by atoms with E-state index in [-0.39, 0.29) is 17.2 Å². The van der Waals surface area contributed by atoms with Crippen molar-refractivity contribution < 1.29 is 14.3 Å². The molecule has 1 fully saturated rings. The molecule has 1 saturated heterocycles. The smallest absolute Gasteiger partial charge is 0.255 e. The minimum atomic E-state index is -0.191. The molecule has 0 spiro atoms. The summed E-state index contributed by atoms with van der Waals surface area (Å²) in [5, 5.41) is 11.5. The van der Waals surface area contributed by atoms with Gasteiger partial charge in [-0.2, -0.15) is 5.10 Å². The van der Waals surface area contributed by atoms with Crippen molar-refractivity contribution >= 4 is 40.0 Å². The number of hydrogen-bond acceptors (Lipinski definition) is 7. The Balaban J connectivity index is 1.23. The monoisotopic (exact) mass is 589 g/mol. The average molecular weight is 590 g/mol. The van der Waals surface area contributed by atoms with Gasteiger partial charge in [-0.1, -0.05) is 45.0 Å². The van der Waals surface area contributed by atoms with Gasteiger partial charge in [0.15, 0.2) is 11.5 Å². The molecule has 1 aliphatic heterocycles. The lowest BCUT2D eigenvalue weighted by Gasteiger charge is -2.26. The van der Waals surface area contributed by atoms with Gasteiger partial charge in [0.05, 0.1) is 24.8 Å². The first-order valence-electron chi connectivity index (χ1n) is 14.6. The summed E-state index contributed by atoms with van der Waals surface area (Å²) < 4.78 is 7.06. The molecule has 1 aliphatic rings. The Morgan fingerprint density at radius 2 is 1.57 bits per heavy atom. The number of hydrogen-bond donors (Lipinski definition) is 2. The molecule has 10 nitrogen and oxygen atoms in total. The van der Waals surface area contributed by atoms with E-state index in [9.17, 15) is 9.59 Å². The van der Waals surface area contributed by atoms with Crippen molar-refractivity contribution in [1.29, 1.82) is 0 Å². The van der Waals surface area contributed by atoms with E-state index in [1.807, 2.05) is 79.8 Å². The fourth-order valence-corrected chi connectivity index (χ4v) is 5.09. The van der Waals surface area contributed by atoms with E-state index in [1.54, 1.807) is 15.8 Å². The van der Waals surface area contributed by atoms with Gasteiger partial charge in [-0.05, 0) is 59.5 Å². The van der Waals surface area contributed by atoms with Crippen molar-refractivity contribution in [3.63, 3.8) is 0 Å². The zero-order valence-electron chi connectivity index (χ0n) is 25.3. The number of nitrogens with one attached hydrogen (secondary N) is 2. The van der Waals surface area contributed by atoms with E-state index < -0.39 is 0 Å². The first-order valence-corrected chi connectivity index (χ1v) is 14.6. The molecule has 0 aliphatic carbocycles. The van der Waals surface area contributed by atoms with Crippen LogP contribution >= 0.6 is 0 Å². The molecule has 2 N–H and O–H groups in total. The zero-order chi connectivity index (χ0) is 30.8. The number of morpholine rings is 1. The molecule has 224 valence electrons. The quantitative estimate of drug-likeness (QED) is 0.257. The van der Waals surface area contributed by atoms with Crippen LogP contribution in [0.4, 0.5) is 17.2 Å². The highest BCUT2D eigenvalue weighted by Crippen LogP contribution is 2.29. The Labute approximate surface area is 256 Å². The van der Waals surface area contributed by atoms with Crippen LogP contribution in [-0.4, -0.2) is 62.8 Å². The summed E-state index contributed by atoms with van der Waals surface area (Å²) in [5.41, 5.74) is 5.19. The molecule has 3 heterocycles. The topological polar surface area (TPSA) is 114 Å². The maximum atomic E-state index is 13.0. The number of ether oxygens (including phenoxy) is 1. The number of rotatable bonds is 6. The van der Waals surface area contributed by atoms with E-state index >= 15 is 0 Å². The number of anilines is 3. The number of amides is 2. The van der Waals surface area contributed by atoms with Crippen LogP contribution in [0.25, 0.3) is 22.4 Å². The predicted octanol–water partition coefficient (Wildman–Crippen LogP) is 5.80. The molecular formula is C34H35N7O3. The van der Waals surface area contributed by atoms with Gasteiger partial charge in [-0.15, -0.1) is 0 Å². The number of carbonyl (C=O) groups excluding carboxylic acids is 2. The third kappa shape index (κ3) is 6.16. The minimum absolute atomic E-state index is 0.00674. The van der Waals surface area contributed by atoms with Gasteiger partial charge in [-0.3, -0.25) is 14.3 Å². The summed E-state index contributed by atoms with van der Waals surface area (Å²) in [6, 6.07) is 22.5. The van der Waals surface area contributed by atoms with Crippen molar-refractivity contribution in [3.8, 4) is 11.4 Å². The molecule has 0 saturated carbocycles. The van der Waals surface area contributed by atoms with Gasteiger partial charge in [0, 0.05) is 48.2 Å². The van der Waals surface area contributed by atoms with Crippen LogP contribution in [0.1, 0.15) is 47.1 Å². The van der Waals surface area contributed by atoms with E-state index in [1.165, 1.54) is 5.56 Å². The fourth-order valence-electron chi connectivity index (χ4n) is 5.09. The van der Waals surface area contributed by atoms with Crippen LogP contribution in [0.3, 0.4) is 0 Å². The molecule has 0 unspecified atom stereocenters. The number of fused-ring (bicyclic) bond motifs is 1. The second kappa shape index (κ2) is 11.9. The number of nitrogens with zero attached hydrogens (tertiary/aromatic N) is 5. The highest BCUT2D eigenvalue weighted by atomic mass is 16.5. The van der Waals surface area contributed by atoms with Crippen molar-refractivity contribution in [3.05, 3.63) is 95.7 Å². The van der Waals surface area contributed by atoms with Crippen LogP contribution < -0.4 is 10.6 Å². The van der Waals surface area contributed by atoms with E-state index in [4.69, 9.17) is 14.7 Å². The van der Waals surface area contributed by atoms with Crippen LogP contribution in [0.2, 0.25) is 0 Å². The molecule has 44 heavy (non-hydrogen) atoms. The Kier molecular flexibility index (Phi) is 7.84. The van der Waals surface area contributed by atoms with Crippen molar-refractivity contribution in [2.24, 2.45) is 7.05 Å². The first-order chi connectivity index (χ1) is 21.2. The van der Waals surface area contributed by atoms with Crippen molar-refractivity contribution in [2.45, 2.75) is 26.2 Å². The third-order valence-corrected chi connectivity index (χ3v) is 7.68. The first kappa shape index (κ1) is 29.0. The molecule has 6 rings (SSSR count). The minimum Gasteiger partial charge on any atom is -0.378 e. The van der Waals surface area contributed by atoms with Gasteiger partial charge in [-0.25, -0.2) is 9.97 Å². The summed E-state index contributed by atoms with van der Waals surface area (Å²) in [6.45, 7) is 8.74. The summed E-state index contributed by atoms with van der Waals surface area (Å²) in [6.07, 6.45) is 1.72. The van der Waals surface area contributed by atoms with Crippen LogP contribution in [0, 0.1) is 0 Å². The third-order valence-electron chi connectivity index (χ3n) is 7.68. The summed E-state index contributed by atoms with van der Waals surface area (Å²) in [7, 11) is 1.83. The Morgan fingerprint density at radius 3 is 2.27 bits per heavy atom. The zero-order valence-corrected chi connectivity index (χ0v) is 25.3. The van der Waals surface area contributed by atoms with Gasteiger partial charge >= 0.3 is 0 Å². The largest absolute Gasteiger partial charge is 0.378 e. The Morgan fingerprint density at radius 1 is 0.864 bits per heavy atom. The standard InChI is InChI=1S/C34H35N7O3/c1-34(2,3)25-12-8-22(9-13-25)32(42)37-27-7-5-6-24(20-27)29-38-30(28-21-35-40(4)31(28)39-29)36-26-14-10-23(11-15-26)33(43)41-16-18-44-19-17-41/h5-15,20-21H,16-19H2,1-4H3,(H,37,42)(H,36,38,39). The second-order valence-electron chi connectivity index (χ2n) is 11.9. The molecule has 2 aromatic heterocycles. The van der Waals surface area contributed by atoms with E-state index in [0.29, 0.717) is 60.4 Å². The predicted molar refractivity (Wildman–Crippen MR) is 171 cm³/mol. The molecule has 3 aromatic carbocycles. The van der Waals surface area contributed by atoms with Crippen LogP contribution in [0.5, 0.6) is 0 Å². The molecular weight excluding hydrogens is 554 g/mol. The van der Waals surface area contributed by atoms with Crippen molar-refractivity contribution in [2.75, 3.05) is 36.9 Å². The molecule has 10 heteroatoms. The molecule has 5 aromatic rings. The molecule has 2 amide bonds. The average Bonchev–Trinajstić information content (AvgIpc) is 3.42. The van der Waals surface area contributed by atoms with Gasteiger partial charge < -0.3 is 20.3 Å². The van der Waals surface area contributed by atoms with E-state index in [0.717, 1.165) is 16.6 Å². The van der Waals surface area contributed by atoms with Crippen LogP contribution in [0.15, 0.2) is 79.0 Å².